The van der Waals surface area contributed by atoms with Crippen LogP contribution in [0.15, 0.2) is 83.9 Å². The number of hydrogen-bond acceptors (Lipinski definition) is 6. The van der Waals surface area contributed by atoms with E-state index in [-0.39, 0.29) is 10.7 Å². The van der Waals surface area contributed by atoms with Crippen LogP contribution < -0.4 is 20.1 Å². The highest BCUT2D eigenvalue weighted by atomic mass is 32.2. The molecule has 8 nitrogen and oxygen atoms in total. The second-order valence-corrected chi connectivity index (χ2v) is 8.77. The predicted octanol–water partition coefficient (Wildman–Crippen LogP) is 4.25. The number of thiocarbonyl (C=S) groups is 1. The molecular formula is C22H19N5O3S2. The number of hydrogen-bond donors (Lipinski definition) is 3. The van der Waals surface area contributed by atoms with Crippen molar-refractivity contribution in [3.8, 4) is 5.75 Å². The Morgan fingerprint density at radius 3 is 2.09 bits per heavy atom. The molecule has 0 aliphatic carbocycles. The van der Waals surface area contributed by atoms with Gasteiger partial charge in [-0.25, -0.2) is 13.4 Å². The normalized spacial score (nSPS) is 11.0. The minimum atomic E-state index is -3.82. The highest BCUT2D eigenvalue weighted by Gasteiger charge is 2.15. The Bertz CT molecular complexity index is 1360. The molecule has 3 N–H and O–H groups in total. The van der Waals surface area contributed by atoms with Crippen molar-refractivity contribution in [3.63, 3.8) is 0 Å². The molecular weight excluding hydrogens is 446 g/mol. The lowest BCUT2D eigenvalue weighted by Crippen LogP contribution is -2.19. The fourth-order valence-corrected chi connectivity index (χ4v) is 4.11. The van der Waals surface area contributed by atoms with Crippen molar-refractivity contribution in [3.05, 3.63) is 79.0 Å². The molecule has 0 saturated carbocycles. The van der Waals surface area contributed by atoms with E-state index in [2.05, 4.69) is 25.3 Å². The number of nitrogens with one attached hydrogen (secondary N) is 3. The van der Waals surface area contributed by atoms with Crippen molar-refractivity contribution < 1.29 is 13.2 Å². The first kappa shape index (κ1) is 21.5. The van der Waals surface area contributed by atoms with Gasteiger partial charge >= 0.3 is 0 Å². The SMILES string of the molecule is COc1ccc(NC(=S)Nc2ccc(S(=O)(=O)Nc3cnc4ccccc4n3)cc2)cc1. The molecule has 0 fully saturated rings. The quantitative estimate of drug-likeness (QED) is 0.363. The second kappa shape index (κ2) is 9.16. The molecule has 0 radical (unpaired) electrons. The van der Waals surface area contributed by atoms with E-state index in [1.807, 2.05) is 36.4 Å². The highest BCUT2D eigenvalue weighted by Crippen LogP contribution is 2.19. The Morgan fingerprint density at radius 1 is 0.875 bits per heavy atom. The average molecular weight is 466 g/mol. The first-order valence-electron chi connectivity index (χ1n) is 9.50. The van der Waals surface area contributed by atoms with E-state index in [0.717, 1.165) is 11.4 Å². The van der Waals surface area contributed by atoms with Crippen molar-refractivity contribution in [1.29, 1.82) is 0 Å². The maximum absolute atomic E-state index is 12.7. The number of benzene rings is 3. The molecule has 32 heavy (non-hydrogen) atoms. The standard InChI is InChI=1S/C22H19N5O3S2/c1-30-17-10-6-15(7-11-17)24-22(31)25-16-8-12-18(13-9-16)32(28,29)27-21-14-23-19-4-2-3-5-20(19)26-21/h2-14H,1H3,(H,26,27)(H2,24,25,31). The number of methoxy groups -OCH3 is 1. The maximum Gasteiger partial charge on any atom is 0.263 e. The first-order chi connectivity index (χ1) is 15.4. The van der Waals surface area contributed by atoms with Crippen molar-refractivity contribution in [1.82, 2.24) is 9.97 Å². The van der Waals surface area contributed by atoms with Crippen molar-refractivity contribution in [2.75, 3.05) is 22.5 Å². The molecule has 162 valence electrons. The molecule has 4 aromatic rings. The van der Waals surface area contributed by atoms with Crippen LogP contribution in [0.3, 0.4) is 0 Å². The third-order valence-corrected chi connectivity index (χ3v) is 6.03. The molecule has 4 rings (SSSR count). The van der Waals surface area contributed by atoms with Gasteiger partial charge in [-0.05, 0) is 72.9 Å². The third kappa shape index (κ3) is 5.10. The number of anilines is 3. The van der Waals surface area contributed by atoms with E-state index in [1.165, 1.54) is 18.3 Å². The summed E-state index contributed by atoms with van der Waals surface area (Å²) in [5.41, 5.74) is 2.72. The van der Waals surface area contributed by atoms with Gasteiger partial charge in [0.15, 0.2) is 10.9 Å². The van der Waals surface area contributed by atoms with Crippen molar-refractivity contribution in [2.24, 2.45) is 0 Å². The molecule has 0 bridgehead atoms. The van der Waals surface area contributed by atoms with Gasteiger partial charge in [0, 0.05) is 11.4 Å². The van der Waals surface area contributed by atoms with Crippen LogP contribution in [0.1, 0.15) is 0 Å². The Hall–Kier alpha value is -3.76. The molecule has 0 amide bonds. The second-order valence-electron chi connectivity index (χ2n) is 6.68. The van der Waals surface area contributed by atoms with Crippen LogP contribution in [-0.2, 0) is 10.0 Å². The minimum absolute atomic E-state index is 0.0899. The fraction of sp³-hybridized carbons (Fsp3) is 0.0455. The lowest BCUT2D eigenvalue weighted by atomic mass is 10.3. The average Bonchev–Trinajstić information content (AvgIpc) is 2.79. The number of rotatable bonds is 6. The summed E-state index contributed by atoms with van der Waals surface area (Å²) in [6.45, 7) is 0. The molecule has 1 heterocycles. The van der Waals surface area contributed by atoms with Gasteiger partial charge in [0.05, 0.1) is 29.2 Å². The maximum atomic E-state index is 12.7. The zero-order valence-corrected chi connectivity index (χ0v) is 18.6. The van der Waals surface area contributed by atoms with Crippen LogP contribution in [0, 0.1) is 0 Å². The predicted molar refractivity (Wildman–Crippen MR) is 130 cm³/mol. The van der Waals surface area contributed by atoms with Crippen LogP contribution in [0.2, 0.25) is 0 Å². The summed E-state index contributed by atoms with van der Waals surface area (Å²) in [5.74, 6) is 0.894. The molecule has 1 aromatic heterocycles. The molecule has 10 heteroatoms. The number of ether oxygens (including phenoxy) is 1. The van der Waals surface area contributed by atoms with E-state index in [9.17, 15) is 8.42 Å². The van der Waals surface area contributed by atoms with Crippen LogP contribution in [-0.4, -0.2) is 30.6 Å². The number of sulfonamides is 1. The largest absolute Gasteiger partial charge is 0.497 e. The Labute approximate surface area is 190 Å². The molecule has 0 spiro atoms. The topological polar surface area (TPSA) is 105 Å². The monoisotopic (exact) mass is 465 g/mol. The molecule has 0 aliphatic heterocycles. The van der Waals surface area contributed by atoms with Gasteiger partial charge in [-0.3, -0.25) is 9.71 Å². The summed E-state index contributed by atoms with van der Waals surface area (Å²) in [6, 6.07) is 20.8. The van der Waals surface area contributed by atoms with Gasteiger partial charge in [-0.15, -0.1) is 0 Å². The lowest BCUT2D eigenvalue weighted by Gasteiger charge is -2.12. The van der Waals surface area contributed by atoms with E-state index in [4.69, 9.17) is 17.0 Å². The third-order valence-electron chi connectivity index (χ3n) is 4.46. The van der Waals surface area contributed by atoms with Gasteiger partial charge in [0.1, 0.15) is 5.75 Å². The Morgan fingerprint density at radius 2 is 1.47 bits per heavy atom. The van der Waals surface area contributed by atoms with E-state index in [1.54, 1.807) is 31.4 Å². The van der Waals surface area contributed by atoms with Gasteiger partial charge in [-0.1, -0.05) is 12.1 Å². The molecule has 0 unspecified atom stereocenters. The van der Waals surface area contributed by atoms with Crippen LogP contribution >= 0.6 is 12.2 Å². The van der Waals surface area contributed by atoms with Gasteiger partial charge < -0.3 is 15.4 Å². The summed E-state index contributed by atoms with van der Waals surface area (Å²) >= 11 is 5.31. The van der Waals surface area contributed by atoms with Gasteiger partial charge in [-0.2, -0.15) is 0 Å². The highest BCUT2D eigenvalue weighted by molar-refractivity contribution is 7.92. The van der Waals surface area contributed by atoms with Crippen LogP contribution in [0.25, 0.3) is 11.0 Å². The molecule has 0 aliphatic rings. The number of fused-ring (bicyclic) bond motifs is 1. The zero-order valence-electron chi connectivity index (χ0n) is 16.9. The number of para-hydroxylation sites is 2. The summed E-state index contributed by atoms with van der Waals surface area (Å²) in [6.07, 6.45) is 1.39. The Balaban J connectivity index is 1.41. The van der Waals surface area contributed by atoms with Crippen LogP contribution in [0.4, 0.5) is 17.2 Å². The van der Waals surface area contributed by atoms with Gasteiger partial charge in [0.2, 0.25) is 0 Å². The lowest BCUT2D eigenvalue weighted by molar-refractivity contribution is 0.415. The van der Waals surface area contributed by atoms with E-state index >= 15 is 0 Å². The van der Waals surface area contributed by atoms with Crippen LogP contribution in [0.5, 0.6) is 5.75 Å². The van der Waals surface area contributed by atoms with Gasteiger partial charge in [0.25, 0.3) is 10.0 Å². The summed E-state index contributed by atoms with van der Waals surface area (Å²) < 4.78 is 33.0. The molecule has 3 aromatic carbocycles. The number of nitrogens with zero attached hydrogens (tertiary/aromatic N) is 2. The summed E-state index contributed by atoms with van der Waals surface area (Å²) in [4.78, 5) is 8.61. The van der Waals surface area contributed by atoms with E-state index < -0.39 is 10.0 Å². The summed E-state index contributed by atoms with van der Waals surface area (Å²) in [5, 5.41) is 6.44. The molecule has 0 saturated heterocycles. The molecule has 0 atom stereocenters. The smallest absolute Gasteiger partial charge is 0.263 e. The Kier molecular flexibility index (Phi) is 6.15. The van der Waals surface area contributed by atoms with Crippen molar-refractivity contribution >= 4 is 55.6 Å². The van der Waals surface area contributed by atoms with Crippen molar-refractivity contribution in [2.45, 2.75) is 4.90 Å². The summed E-state index contributed by atoms with van der Waals surface area (Å²) in [7, 11) is -2.22. The minimum Gasteiger partial charge on any atom is -0.497 e. The fourth-order valence-electron chi connectivity index (χ4n) is 2.89. The van der Waals surface area contributed by atoms with E-state index in [0.29, 0.717) is 21.8 Å². The zero-order chi connectivity index (χ0) is 22.6. The number of aromatic nitrogens is 2. The first-order valence-corrected chi connectivity index (χ1v) is 11.4.